The maximum absolute atomic E-state index is 12.9. The van der Waals surface area contributed by atoms with Gasteiger partial charge in [0.05, 0.1) is 0 Å². The standard InChI is InChI=1S/C10H14ClFSi/c1-10(2,13-7-11)8-4-3-5-9(12)6-8/h3-6H,7,13H2,1-2H3. The van der Waals surface area contributed by atoms with E-state index in [0.29, 0.717) is 0 Å². The molecule has 13 heavy (non-hydrogen) atoms. The van der Waals surface area contributed by atoms with Crippen LogP contribution < -0.4 is 0 Å². The van der Waals surface area contributed by atoms with Crippen molar-refractivity contribution in [3.05, 3.63) is 35.6 Å². The minimum atomic E-state index is -0.366. The molecule has 0 aromatic heterocycles. The van der Waals surface area contributed by atoms with Crippen molar-refractivity contribution in [2.24, 2.45) is 0 Å². The Bertz CT molecular complexity index is 286. The summed E-state index contributed by atoms with van der Waals surface area (Å²) in [5.41, 5.74) is 1.81. The summed E-state index contributed by atoms with van der Waals surface area (Å²) in [4.78, 5) is 0. The minimum absolute atomic E-state index is 0.101. The summed E-state index contributed by atoms with van der Waals surface area (Å²) in [5, 5.41) is 0.101. The summed E-state index contributed by atoms with van der Waals surface area (Å²) < 4.78 is 12.9. The van der Waals surface area contributed by atoms with Crippen LogP contribution in [-0.2, 0) is 5.04 Å². The van der Waals surface area contributed by atoms with Crippen LogP contribution in [0.2, 0.25) is 0 Å². The van der Waals surface area contributed by atoms with Crippen LogP contribution in [0.25, 0.3) is 0 Å². The van der Waals surface area contributed by atoms with Gasteiger partial charge < -0.3 is 0 Å². The van der Waals surface area contributed by atoms with Crippen LogP contribution in [-0.4, -0.2) is 15.0 Å². The lowest BCUT2D eigenvalue weighted by Crippen LogP contribution is -2.27. The van der Waals surface area contributed by atoms with Crippen LogP contribution in [0.3, 0.4) is 0 Å². The molecule has 0 amide bonds. The SMILES string of the molecule is CC(C)([SiH2]CCl)c1cccc(F)c1. The first-order valence-electron chi connectivity index (χ1n) is 4.38. The van der Waals surface area contributed by atoms with Gasteiger partial charge in [-0.1, -0.05) is 26.0 Å². The lowest BCUT2D eigenvalue weighted by molar-refractivity contribution is 0.619. The van der Waals surface area contributed by atoms with Crippen molar-refractivity contribution in [3.63, 3.8) is 0 Å². The molecule has 0 atom stereocenters. The third-order valence-electron chi connectivity index (χ3n) is 2.33. The first-order chi connectivity index (χ1) is 6.06. The predicted molar refractivity (Wildman–Crippen MR) is 58.7 cm³/mol. The lowest BCUT2D eigenvalue weighted by Gasteiger charge is -2.23. The predicted octanol–water partition coefficient (Wildman–Crippen LogP) is 2.43. The number of hydrogen-bond donors (Lipinski definition) is 0. The van der Waals surface area contributed by atoms with Gasteiger partial charge in [0.25, 0.3) is 0 Å². The van der Waals surface area contributed by atoms with Crippen LogP contribution in [0.15, 0.2) is 24.3 Å². The van der Waals surface area contributed by atoms with Gasteiger partial charge in [0.1, 0.15) is 5.82 Å². The van der Waals surface area contributed by atoms with Crippen LogP contribution in [0.5, 0.6) is 0 Å². The summed E-state index contributed by atoms with van der Waals surface area (Å²) in [7, 11) is -0.366. The first-order valence-corrected chi connectivity index (χ1v) is 6.62. The zero-order valence-electron chi connectivity index (χ0n) is 7.98. The molecular weight excluding hydrogens is 203 g/mol. The molecule has 0 fully saturated rings. The van der Waals surface area contributed by atoms with Crippen molar-refractivity contribution in [3.8, 4) is 0 Å². The van der Waals surface area contributed by atoms with Crippen molar-refractivity contribution in [1.29, 1.82) is 0 Å². The quantitative estimate of drug-likeness (QED) is 0.538. The van der Waals surface area contributed by atoms with Crippen molar-refractivity contribution >= 4 is 21.1 Å². The Morgan fingerprint density at radius 1 is 1.46 bits per heavy atom. The molecule has 0 aliphatic rings. The molecule has 0 bridgehead atoms. The monoisotopic (exact) mass is 216 g/mol. The Morgan fingerprint density at radius 2 is 2.15 bits per heavy atom. The van der Waals surface area contributed by atoms with E-state index >= 15 is 0 Å². The molecule has 1 aromatic rings. The van der Waals surface area contributed by atoms with Crippen LogP contribution in [0, 0.1) is 5.82 Å². The molecule has 3 heteroatoms. The average Bonchev–Trinajstić information content (AvgIpc) is 2.04. The fourth-order valence-corrected chi connectivity index (χ4v) is 3.69. The molecule has 1 rings (SSSR count). The van der Waals surface area contributed by atoms with Gasteiger partial charge in [0.2, 0.25) is 0 Å². The molecule has 0 saturated heterocycles. The molecule has 72 valence electrons. The van der Waals surface area contributed by atoms with Crippen LogP contribution >= 0.6 is 11.6 Å². The fraction of sp³-hybridized carbons (Fsp3) is 0.400. The van der Waals surface area contributed by atoms with Gasteiger partial charge in [0, 0.05) is 15.0 Å². The van der Waals surface area contributed by atoms with Crippen molar-refractivity contribution in [2.45, 2.75) is 18.9 Å². The molecule has 0 heterocycles. The zero-order chi connectivity index (χ0) is 9.90. The molecule has 0 radical (unpaired) electrons. The Balaban J connectivity index is 2.93. The summed E-state index contributed by atoms with van der Waals surface area (Å²) in [5.74, 6) is -0.158. The molecule has 0 saturated carbocycles. The largest absolute Gasteiger partial charge is 0.207 e. The highest BCUT2D eigenvalue weighted by atomic mass is 35.5. The highest BCUT2D eigenvalue weighted by Crippen LogP contribution is 2.22. The Hall–Kier alpha value is -0.343. The van der Waals surface area contributed by atoms with E-state index in [1.165, 1.54) is 6.07 Å². The number of alkyl halides is 1. The Morgan fingerprint density at radius 3 is 2.69 bits per heavy atom. The van der Waals surface area contributed by atoms with E-state index in [9.17, 15) is 4.39 Å². The Labute approximate surface area is 85.9 Å². The summed E-state index contributed by atoms with van der Waals surface area (Å²) in [6, 6.07) is 6.82. The first kappa shape index (κ1) is 10.7. The van der Waals surface area contributed by atoms with Gasteiger partial charge in [0.15, 0.2) is 0 Å². The van der Waals surface area contributed by atoms with Crippen molar-refractivity contribution in [1.82, 2.24) is 0 Å². The summed E-state index contributed by atoms with van der Waals surface area (Å²) in [6.07, 6.45) is 0. The molecule has 0 unspecified atom stereocenters. The molecular formula is C10H14ClFSi. The third kappa shape index (κ3) is 2.81. The maximum Gasteiger partial charge on any atom is 0.123 e. The molecule has 0 aliphatic heterocycles. The molecule has 0 spiro atoms. The van der Waals surface area contributed by atoms with Gasteiger partial charge in [-0.25, -0.2) is 4.39 Å². The molecule has 0 aliphatic carbocycles. The summed E-state index contributed by atoms with van der Waals surface area (Å²) in [6.45, 7) is 4.27. The van der Waals surface area contributed by atoms with Gasteiger partial charge in [-0.3, -0.25) is 0 Å². The van der Waals surface area contributed by atoms with E-state index < -0.39 is 0 Å². The topological polar surface area (TPSA) is 0 Å². The second-order valence-electron chi connectivity index (χ2n) is 3.83. The van der Waals surface area contributed by atoms with Crippen molar-refractivity contribution in [2.75, 3.05) is 5.50 Å². The van der Waals surface area contributed by atoms with E-state index in [2.05, 4.69) is 13.8 Å². The summed E-state index contributed by atoms with van der Waals surface area (Å²) >= 11 is 5.74. The van der Waals surface area contributed by atoms with Gasteiger partial charge >= 0.3 is 0 Å². The van der Waals surface area contributed by atoms with E-state index in [-0.39, 0.29) is 20.4 Å². The normalized spacial score (nSPS) is 12.6. The smallest absolute Gasteiger partial charge is 0.123 e. The fourth-order valence-electron chi connectivity index (χ4n) is 1.29. The van der Waals surface area contributed by atoms with E-state index in [1.807, 2.05) is 6.07 Å². The van der Waals surface area contributed by atoms with E-state index in [1.54, 1.807) is 12.1 Å². The Kier molecular flexibility index (Phi) is 3.51. The number of benzene rings is 1. The van der Waals surface area contributed by atoms with E-state index in [0.717, 1.165) is 11.1 Å². The molecule has 0 N–H and O–H groups in total. The molecule has 0 nitrogen and oxygen atoms in total. The second kappa shape index (κ2) is 4.25. The van der Waals surface area contributed by atoms with Crippen LogP contribution in [0.4, 0.5) is 4.39 Å². The molecule has 1 aromatic carbocycles. The third-order valence-corrected chi connectivity index (χ3v) is 4.74. The van der Waals surface area contributed by atoms with Gasteiger partial charge in [-0.15, -0.1) is 11.6 Å². The second-order valence-corrected chi connectivity index (χ2v) is 7.61. The van der Waals surface area contributed by atoms with Crippen molar-refractivity contribution < 1.29 is 4.39 Å². The number of rotatable bonds is 3. The van der Waals surface area contributed by atoms with Gasteiger partial charge in [-0.05, 0) is 22.7 Å². The number of hydrogen-bond acceptors (Lipinski definition) is 0. The zero-order valence-corrected chi connectivity index (χ0v) is 10.1. The lowest BCUT2D eigenvalue weighted by atomic mass is 10.0. The van der Waals surface area contributed by atoms with E-state index in [4.69, 9.17) is 11.6 Å². The van der Waals surface area contributed by atoms with Crippen LogP contribution in [0.1, 0.15) is 19.4 Å². The minimum Gasteiger partial charge on any atom is -0.207 e. The highest BCUT2D eigenvalue weighted by molar-refractivity contribution is 6.52. The number of halogens is 2. The maximum atomic E-state index is 12.9. The average molecular weight is 217 g/mol. The van der Waals surface area contributed by atoms with Gasteiger partial charge in [-0.2, -0.15) is 0 Å². The highest BCUT2D eigenvalue weighted by Gasteiger charge is 2.20.